The molecule has 0 radical (unpaired) electrons. The molecule has 0 aliphatic carbocycles. The summed E-state index contributed by atoms with van der Waals surface area (Å²) in [4.78, 5) is 0. The summed E-state index contributed by atoms with van der Waals surface area (Å²) in [6, 6.07) is 9.10. The lowest BCUT2D eigenvalue weighted by Gasteiger charge is -2.23. The van der Waals surface area contributed by atoms with Crippen LogP contribution in [-0.2, 0) is 19.4 Å². The number of allylic oxidation sites excluding steroid dienone is 2. The van der Waals surface area contributed by atoms with Crippen molar-refractivity contribution < 1.29 is 31.8 Å². The van der Waals surface area contributed by atoms with Crippen molar-refractivity contribution in [1.29, 1.82) is 0 Å². The van der Waals surface area contributed by atoms with Crippen molar-refractivity contribution in [3.63, 3.8) is 0 Å². The molecule has 0 atom stereocenters. The maximum atomic E-state index is 14.8. The lowest BCUT2D eigenvalue weighted by molar-refractivity contribution is 0.278. The number of benzene rings is 3. The number of ether oxygens (including phenoxy) is 3. The summed E-state index contributed by atoms with van der Waals surface area (Å²) in [6.45, 7) is 3.71. The predicted octanol–water partition coefficient (Wildman–Crippen LogP) is 7.43. The summed E-state index contributed by atoms with van der Waals surface area (Å²) in [5.74, 6) is -4.59. The first-order chi connectivity index (χ1) is 16.4. The maximum Gasteiger partial charge on any atom is 0.207 e. The fourth-order valence-electron chi connectivity index (χ4n) is 3.83. The van der Waals surface area contributed by atoms with Crippen molar-refractivity contribution in [2.45, 2.75) is 39.7 Å². The fourth-order valence-corrected chi connectivity index (χ4v) is 3.83. The maximum absolute atomic E-state index is 14.8. The minimum atomic E-state index is -1.27. The van der Waals surface area contributed by atoms with Gasteiger partial charge in [0, 0.05) is 17.5 Å². The Labute approximate surface area is 195 Å². The SMILES string of the molecule is C/C=C/CCc1ccc(COc2cc3c(c(F)c2F)Oc2c(ccc(OCC)c2F)C3)cc1F. The first-order valence-electron chi connectivity index (χ1n) is 11.1. The fraction of sp³-hybridized carbons (Fsp3) is 0.259. The molecular formula is C27H24F4O3. The van der Waals surface area contributed by atoms with Crippen molar-refractivity contribution in [3.8, 4) is 23.0 Å². The molecule has 0 saturated carbocycles. The molecule has 3 aromatic carbocycles. The van der Waals surface area contributed by atoms with Crippen LogP contribution in [0.1, 0.15) is 42.5 Å². The average molecular weight is 472 g/mol. The van der Waals surface area contributed by atoms with Crippen LogP contribution in [0.15, 0.2) is 48.6 Å². The Morgan fingerprint density at radius 3 is 2.41 bits per heavy atom. The zero-order valence-electron chi connectivity index (χ0n) is 18.9. The molecule has 4 rings (SSSR count). The van der Waals surface area contributed by atoms with Gasteiger partial charge in [-0.1, -0.05) is 30.4 Å². The first-order valence-corrected chi connectivity index (χ1v) is 11.1. The van der Waals surface area contributed by atoms with E-state index in [9.17, 15) is 17.6 Å². The second-order valence-corrected chi connectivity index (χ2v) is 7.89. The van der Waals surface area contributed by atoms with E-state index >= 15 is 0 Å². The molecule has 0 amide bonds. The van der Waals surface area contributed by atoms with Crippen LogP contribution in [-0.4, -0.2) is 6.61 Å². The number of hydrogen-bond donors (Lipinski definition) is 0. The smallest absolute Gasteiger partial charge is 0.207 e. The molecule has 1 aliphatic heterocycles. The van der Waals surface area contributed by atoms with E-state index in [4.69, 9.17) is 14.2 Å². The van der Waals surface area contributed by atoms with E-state index in [1.54, 1.807) is 25.1 Å². The molecule has 3 aromatic rings. The van der Waals surface area contributed by atoms with Gasteiger partial charge in [-0.05, 0) is 56.0 Å². The van der Waals surface area contributed by atoms with Crippen molar-refractivity contribution in [1.82, 2.24) is 0 Å². The molecule has 1 aliphatic rings. The molecule has 3 nitrogen and oxygen atoms in total. The average Bonchev–Trinajstić information content (AvgIpc) is 2.83. The van der Waals surface area contributed by atoms with Gasteiger partial charge in [0.2, 0.25) is 17.5 Å². The van der Waals surface area contributed by atoms with E-state index in [0.29, 0.717) is 28.7 Å². The molecule has 0 fully saturated rings. The first kappa shape index (κ1) is 23.7. The summed E-state index contributed by atoms with van der Waals surface area (Å²) < 4.78 is 74.6. The Bertz CT molecular complexity index is 1240. The molecule has 0 saturated heterocycles. The summed E-state index contributed by atoms with van der Waals surface area (Å²) in [5, 5.41) is 0. The highest BCUT2D eigenvalue weighted by molar-refractivity contribution is 5.55. The van der Waals surface area contributed by atoms with Crippen LogP contribution in [0.25, 0.3) is 0 Å². The third-order valence-corrected chi connectivity index (χ3v) is 5.56. The molecule has 0 spiro atoms. The summed E-state index contributed by atoms with van der Waals surface area (Å²) in [5.41, 5.74) is 1.84. The quantitative estimate of drug-likeness (QED) is 0.197. The van der Waals surface area contributed by atoms with E-state index in [0.717, 1.165) is 6.42 Å². The topological polar surface area (TPSA) is 27.7 Å². The number of hydrogen-bond acceptors (Lipinski definition) is 3. The van der Waals surface area contributed by atoms with Crippen LogP contribution in [0.4, 0.5) is 17.6 Å². The van der Waals surface area contributed by atoms with E-state index in [2.05, 4.69) is 0 Å². The highest BCUT2D eigenvalue weighted by Gasteiger charge is 2.29. The summed E-state index contributed by atoms with van der Waals surface area (Å²) in [7, 11) is 0. The van der Waals surface area contributed by atoms with Gasteiger partial charge in [0.05, 0.1) is 6.61 Å². The number of aryl methyl sites for hydroxylation is 1. The van der Waals surface area contributed by atoms with Crippen molar-refractivity contribution in [2.24, 2.45) is 0 Å². The molecule has 0 aromatic heterocycles. The van der Waals surface area contributed by atoms with Crippen LogP contribution in [0, 0.1) is 23.3 Å². The van der Waals surface area contributed by atoms with E-state index in [1.165, 1.54) is 18.2 Å². The van der Waals surface area contributed by atoms with E-state index in [1.807, 2.05) is 19.1 Å². The normalized spacial score (nSPS) is 12.3. The Hall–Kier alpha value is -3.48. The van der Waals surface area contributed by atoms with Crippen LogP contribution in [0.5, 0.6) is 23.0 Å². The van der Waals surface area contributed by atoms with E-state index < -0.39 is 17.5 Å². The lowest BCUT2D eigenvalue weighted by Crippen LogP contribution is -2.10. The second kappa shape index (κ2) is 10.2. The largest absolute Gasteiger partial charge is 0.491 e. The lowest BCUT2D eigenvalue weighted by atomic mass is 9.99. The van der Waals surface area contributed by atoms with Gasteiger partial charge in [0.25, 0.3) is 0 Å². The monoisotopic (exact) mass is 472 g/mol. The van der Waals surface area contributed by atoms with Gasteiger partial charge in [0.1, 0.15) is 12.4 Å². The standard InChI is InChI=1S/C27H24F4O3/c1-3-5-6-7-17-9-8-16(12-20(17)28)15-33-22-14-19-13-18-10-11-21(32-4-2)24(30)26(18)34-27(19)25(31)23(22)29/h3,5,8-12,14H,4,6-7,13,15H2,1-2H3/b5-3+. The van der Waals surface area contributed by atoms with Crippen molar-refractivity contribution in [2.75, 3.05) is 6.61 Å². The van der Waals surface area contributed by atoms with Gasteiger partial charge in [-0.25, -0.2) is 4.39 Å². The molecule has 1 heterocycles. The van der Waals surface area contributed by atoms with Gasteiger partial charge in [0.15, 0.2) is 23.0 Å². The summed E-state index contributed by atoms with van der Waals surface area (Å²) in [6.07, 6.45) is 5.28. The Kier molecular flexibility index (Phi) is 7.10. The third kappa shape index (κ3) is 4.74. The molecule has 0 bridgehead atoms. The Balaban J connectivity index is 1.53. The zero-order chi connectivity index (χ0) is 24.2. The van der Waals surface area contributed by atoms with Gasteiger partial charge in [-0.3, -0.25) is 0 Å². The van der Waals surface area contributed by atoms with Crippen molar-refractivity contribution in [3.05, 3.63) is 94.1 Å². The van der Waals surface area contributed by atoms with Gasteiger partial charge < -0.3 is 14.2 Å². The molecular weight excluding hydrogens is 448 g/mol. The Morgan fingerprint density at radius 1 is 0.882 bits per heavy atom. The minimum absolute atomic E-state index is 0.0226. The number of fused-ring (bicyclic) bond motifs is 2. The second-order valence-electron chi connectivity index (χ2n) is 7.89. The van der Waals surface area contributed by atoms with Crippen molar-refractivity contribution >= 4 is 0 Å². The van der Waals surface area contributed by atoms with Gasteiger partial charge in [-0.15, -0.1) is 0 Å². The summed E-state index contributed by atoms with van der Waals surface area (Å²) >= 11 is 0. The number of rotatable bonds is 8. The molecule has 34 heavy (non-hydrogen) atoms. The highest BCUT2D eigenvalue weighted by Crippen LogP contribution is 2.44. The zero-order valence-corrected chi connectivity index (χ0v) is 18.9. The highest BCUT2D eigenvalue weighted by atomic mass is 19.2. The predicted molar refractivity (Wildman–Crippen MR) is 121 cm³/mol. The number of halogens is 4. The molecule has 0 N–H and O–H groups in total. The molecule has 7 heteroatoms. The molecule has 178 valence electrons. The Morgan fingerprint density at radius 2 is 1.68 bits per heavy atom. The van der Waals surface area contributed by atoms with Crippen LogP contribution in [0.2, 0.25) is 0 Å². The van der Waals surface area contributed by atoms with Gasteiger partial charge >= 0.3 is 0 Å². The minimum Gasteiger partial charge on any atom is -0.491 e. The molecule has 0 unspecified atom stereocenters. The van der Waals surface area contributed by atoms with Crippen LogP contribution >= 0.6 is 0 Å². The third-order valence-electron chi connectivity index (χ3n) is 5.56. The van der Waals surface area contributed by atoms with Crippen LogP contribution in [0.3, 0.4) is 0 Å². The van der Waals surface area contributed by atoms with Gasteiger partial charge in [-0.2, -0.15) is 13.2 Å². The van der Waals surface area contributed by atoms with Crippen LogP contribution < -0.4 is 14.2 Å². The van der Waals surface area contributed by atoms with E-state index in [-0.39, 0.29) is 48.4 Å².